The minimum Gasteiger partial charge on any atom is -0.480 e. The van der Waals surface area contributed by atoms with Crippen molar-refractivity contribution in [1.29, 1.82) is 0 Å². The van der Waals surface area contributed by atoms with Crippen molar-refractivity contribution in [2.24, 2.45) is 5.73 Å². The van der Waals surface area contributed by atoms with E-state index in [0.717, 1.165) is 0 Å². The van der Waals surface area contributed by atoms with E-state index in [-0.39, 0.29) is 6.67 Å². The first-order valence-electron chi connectivity index (χ1n) is 3.30. The molecule has 0 spiro atoms. The summed E-state index contributed by atoms with van der Waals surface area (Å²) < 4.78 is 11.5. The maximum atomic E-state index is 11.5. The first-order valence-corrected chi connectivity index (χ1v) is 4.46. The van der Waals surface area contributed by atoms with Crippen molar-refractivity contribution in [3.05, 3.63) is 0 Å². The second-order valence-corrected chi connectivity index (χ2v) is 3.21. The number of alkyl halides is 1. The number of aliphatic carboxylic acids is 1. The molecule has 11 heavy (non-hydrogen) atoms. The molecule has 66 valence electrons. The number of carbonyl (C=O) groups is 1. The molecule has 0 aliphatic carbocycles. The van der Waals surface area contributed by atoms with Gasteiger partial charge >= 0.3 is 5.97 Å². The zero-order chi connectivity index (χ0) is 8.69. The standard InChI is InChI=1S/C6H12FNO2S/c7-2-1-3-11-4-5(8)6(9)10/h5H,1-4,8H2,(H,9,10)/t5-/m0/s1/i7-1. The summed E-state index contributed by atoms with van der Waals surface area (Å²) in [5.41, 5.74) is 5.18. The number of hydrogen-bond donors (Lipinski definition) is 2. The molecule has 0 radical (unpaired) electrons. The van der Waals surface area contributed by atoms with Gasteiger partial charge in [0, 0.05) is 5.75 Å². The van der Waals surface area contributed by atoms with Gasteiger partial charge in [0.1, 0.15) is 6.04 Å². The molecule has 0 saturated heterocycles. The van der Waals surface area contributed by atoms with Crippen LogP contribution >= 0.6 is 11.8 Å². The minimum absolute atomic E-state index is 0.352. The first kappa shape index (κ1) is 10.7. The van der Waals surface area contributed by atoms with Gasteiger partial charge in [-0.25, -0.2) is 0 Å². The Kier molecular flexibility index (Phi) is 6.25. The van der Waals surface area contributed by atoms with Crippen LogP contribution in [0.2, 0.25) is 0 Å². The highest BCUT2D eigenvalue weighted by Crippen LogP contribution is 2.03. The smallest absolute Gasteiger partial charge is 0.321 e. The van der Waals surface area contributed by atoms with E-state index in [2.05, 4.69) is 0 Å². The van der Waals surface area contributed by atoms with Crippen LogP contribution in [0.25, 0.3) is 0 Å². The first-order chi connectivity index (χ1) is 5.18. The molecule has 0 heterocycles. The summed E-state index contributed by atoms with van der Waals surface area (Å²) in [6.45, 7) is -0.352. The Hall–Kier alpha value is -0.290. The predicted molar refractivity (Wildman–Crippen MR) is 43.5 cm³/mol. The van der Waals surface area contributed by atoms with Crippen LogP contribution in [0.1, 0.15) is 6.42 Å². The summed E-state index contributed by atoms with van der Waals surface area (Å²) in [7, 11) is 0. The van der Waals surface area contributed by atoms with Crippen molar-refractivity contribution in [2.75, 3.05) is 18.2 Å². The highest BCUT2D eigenvalue weighted by atomic mass is 32.2. The highest BCUT2D eigenvalue weighted by molar-refractivity contribution is 7.99. The monoisotopic (exact) mass is 180 g/mol. The number of nitrogens with two attached hydrogens (primary N) is 1. The topological polar surface area (TPSA) is 63.3 Å². The molecule has 1 atom stereocenters. The van der Waals surface area contributed by atoms with Crippen LogP contribution in [0, 0.1) is 0 Å². The predicted octanol–water partition coefficient (Wildman–Crippen LogP) is 0.491. The van der Waals surface area contributed by atoms with E-state index in [1.807, 2.05) is 0 Å². The van der Waals surface area contributed by atoms with Crippen LogP contribution in [0.4, 0.5) is 4.39 Å². The number of carboxylic acid groups (broad SMARTS) is 1. The van der Waals surface area contributed by atoms with E-state index < -0.39 is 12.0 Å². The molecule has 0 bridgehead atoms. The summed E-state index contributed by atoms with van der Waals surface area (Å²) in [4.78, 5) is 10.2. The van der Waals surface area contributed by atoms with Gasteiger partial charge in [0.2, 0.25) is 0 Å². The maximum absolute atomic E-state index is 11.5. The number of hydrogen-bond acceptors (Lipinski definition) is 3. The second kappa shape index (κ2) is 6.42. The normalized spacial score (nSPS) is 12.9. The molecule has 0 amide bonds. The molecule has 3 nitrogen and oxygen atoms in total. The zero-order valence-electron chi connectivity index (χ0n) is 6.12. The fourth-order valence-electron chi connectivity index (χ4n) is 0.438. The number of halogens is 1. The lowest BCUT2D eigenvalue weighted by Crippen LogP contribution is -2.32. The van der Waals surface area contributed by atoms with Gasteiger partial charge in [-0.05, 0) is 12.2 Å². The number of carboxylic acids is 1. The van der Waals surface area contributed by atoms with Crippen LogP contribution < -0.4 is 5.73 Å². The Labute approximate surface area is 69.1 Å². The van der Waals surface area contributed by atoms with Crippen molar-refractivity contribution < 1.29 is 14.3 Å². The number of thioether (sulfide) groups is 1. The van der Waals surface area contributed by atoms with E-state index in [4.69, 9.17) is 10.8 Å². The SMILES string of the molecule is N[C@@H](CSCCC[18F])C(=O)O. The summed E-state index contributed by atoms with van der Waals surface area (Å²) in [6, 6.07) is -0.820. The lowest BCUT2D eigenvalue weighted by molar-refractivity contribution is -0.137. The summed E-state index contributed by atoms with van der Waals surface area (Å²) in [6.07, 6.45) is 0.469. The molecule has 5 heteroatoms. The molecule has 3 N–H and O–H groups in total. The Bertz CT molecular complexity index is 123. The van der Waals surface area contributed by atoms with Crippen LogP contribution in [0.5, 0.6) is 0 Å². The fraction of sp³-hybridized carbons (Fsp3) is 0.833. The largest absolute Gasteiger partial charge is 0.480 e. The molecular formula is C6H12FNO2S. The second-order valence-electron chi connectivity index (χ2n) is 2.06. The van der Waals surface area contributed by atoms with Gasteiger partial charge < -0.3 is 10.8 Å². The van der Waals surface area contributed by atoms with Gasteiger partial charge in [-0.1, -0.05) is 0 Å². The van der Waals surface area contributed by atoms with E-state index in [9.17, 15) is 9.18 Å². The third-order valence-corrected chi connectivity index (χ3v) is 2.21. The average Bonchev–Trinajstić information content (AvgIpc) is 1.97. The van der Waals surface area contributed by atoms with Gasteiger partial charge in [-0.2, -0.15) is 11.8 Å². The van der Waals surface area contributed by atoms with E-state index in [0.29, 0.717) is 17.9 Å². The quantitative estimate of drug-likeness (QED) is 0.584. The van der Waals surface area contributed by atoms with Crippen LogP contribution in [-0.4, -0.2) is 35.3 Å². The number of rotatable bonds is 6. The molecule has 0 aliphatic rings. The van der Waals surface area contributed by atoms with Gasteiger partial charge in [0.05, 0.1) is 6.67 Å². The minimum atomic E-state index is -1.00. The molecule has 0 aromatic heterocycles. The van der Waals surface area contributed by atoms with Gasteiger partial charge in [0.25, 0.3) is 0 Å². The van der Waals surface area contributed by atoms with Crippen molar-refractivity contribution >= 4 is 17.7 Å². The summed E-state index contributed by atoms with van der Waals surface area (Å²) in [5, 5.41) is 8.33. The van der Waals surface area contributed by atoms with Crippen molar-refractivity contribution in [2.45, 2.75) is 12.5 Å². The molecule has 0 aliphatic heterocycles. The molecule has 0 unspecified atom stereocenters. The zero-order valence-corrected chi connectivity index (χ0v) is 6.94. The lowest BCUT2D eigenvalue weighted by atomic mass is 10.4. The average molecular weight is 180 g/mol. The molecular weight excluding hydrogens is 168 g/mol. The van der Waals surface area contributed by atoms with E-state index in [1.54, 1.807) is 0 Å². The Morgan fingerprint density at radius 3 is 2.82 bits per heavy atom. The highest BCUT2D eigenvalue weighted by Gasteiger charge is 2.09. The van der Waals surface area contributed by atoms with Crippen molar-refractivity contribution in [3.63, 3.8) is 0 Å². The van der Waals surface area contributed by atoms with Crippen molar-refractivity contribution in [3.8, 4) is 0 Å². The molecule has 0 aromatic carbocycles. The molecule has 0 aromatic rings. The van der Waals surface area contributed by atoms with Gasteiger partial charge in [-0.15, -0.1) is 0 Å². The Balaban J connectivity index is 3.17. The Morgan fingerprint density at radius 2 is 2.36 bits per heavy atom. The van der Waals surface area contributed by atoms with E-state index >= 15 is 0 Å². The molecule has 0 saturated carbocycles. The van der Waals surface area contributed by atoms with E-state index in [1.165, 1.54) is 11.8 Å². The third-order valence-electron chi connectivity index (χ3n) is 1.04. The van der Waals surface area contributed by atoms with Gasteiger partial charge in [0.15, 0.2) is 0 Å². The van der Waals surface area contributed by atoms with Gasteiger partial charge in [-0.3, -0.25) is 9.18 Å². The Morgan fingerprint density at radius 1 is 1.73 bits per heavy atom. The van der Waals surface area contributed by atoms with Crippen LogP contribution in [-0.2, 0) is 4.79 Å². The summed E-state index contributed by atoms with van der Waals surface area (Å²) in [5.74, 6) is -0.00921. The lowest BCUT2D eigenvalue weighted by Gasteiger charge is -2.03. The summed E-state index contributed by atoms with van der Waals surface area (Å²) >= 11 is 1.37. The fourth-order valence-corrected chi connectivity index (χ4v) is 1.31. The third kappa shape index (κ3) is 6.12. The molecule has 0 rings (SSSR count). The van der Waals surface area contributed by atoms with Crippen LogP contribution in [0.15, 0.2) is 0 Å². The molecule has 0 fully saturated rings. The van der Waals surface area contributed by atoms with Crippen LogP contribution in [0.3, 0.4) is 0 Å². The van der Waals surface area contributed by atoms with Crippen molar-refractivity contribution in [1.82, 2.24) is 0 Å². The maximum Gasteiger partial charge on any atom is 0.321 e.